The van der Waals surface area contributed by atoms with Gasteiger partial charge in [-0.15, -0.1) is 0 Å². The van der Waals surface area contributed by atoms with Gasteiger partial charge in [-0.1, -0.05) is 6.07 Å². The Morgan fingerprint density at radius 2 is 2.27 bits per heavy atom. The van der Waals surface area contributed by atoms with E-state index >= 15 is 0 Å². The minimum Gasteiger partial charge on any atom is -0.488 e. The number of fused-ring (bicyclic) bond motifs is 1. The lowest BCUT2D eigenvalue weighted by Gasteiger charge is -2.34. The second-order valence-electron chi connectivity index (χ2n) is 4.28. The van der Waals surface area contributed by atoms with Crippen LogP contribution in [0.15, 0.2) is 18.2 Å². The maximum absolute atomic E-state index is 10.9. The zero-order valence-electron chi connectivity index (χ0n) is 8.70. The zero-order valence-corrected chi connectivity index (χ0v) is 8.70. The summed E-state index contributed by atoms with van der Waals surface area (Å²) < 4.78 is 5.49. The van der Waals surface area contributed by atoms with Crippen molar-refractivity contribution >= 4 is 11.7 Å². The standard InChI is InChI=1S/C11H13NO3/c1-11(2)6-15-9-7(10(13)14)4-3-5-8(9)12-11/h3-5,12H,6H2,1-2H3,(H,13,14). The summed E-state index contributed by atoms with van der Waals surface area (Å²) in [5, 5.41) is 12.2. The quantitative estimate of drug-likeness (QED) is 0.739. The van der Waals surface area contributed by atoms with E-state index in [1.807, 2.05) is 19.9 Å². The molecule has 0 saturated carbocycles. The number of ether oxygens (including phenoxy) is 1. The van der Waals surface area contributed by atoms with E-state index in [0.29, 0.717) is 12.4 Å². The number of hydrogen-bond donors (Lipinski definition) is 2. The third-order valence-corrected chi connectivity index (χ3v) is 2.30. The summed E-state index contributed by atoms with van der Waals surface area (Å²) in [6, 6.07) is 5.07. The third-order valence-electron chi connectivity index (χ3n) is 2.30. The lowest BCUT2D eigenvalue weighted by molar-refractivity contribution is 0.0690. The number of carboxylic acids is 1. The Kier molecular flexibility index (Phi) is 2.07. The highest BCUT2D eigenvalue weighted by atomic mass is 16.5. The molecule has 1 heterocycles. The first-order valence-electron chi connectivity index (χ1n) is 4.77. The third kappa shape index (κ3) is 1.75. The molecule has 80 valence electrons. The Bertz CT molecular complexity index is 412. The van der Waals surface area contributed by atoms with Gasteiger partial charge in [0.1, 0.15) is 12.2 Å². The number of anilines is 1. The van der Waals surface area contributed by atoms with E-state index in [1.165, 1.54) is 0 Å². The van der Waals surface area contributed by atoms with Gasteiger partial charge in [0.05, 0.1) is 11.2 Å². The summed E-state index contributed by atoms with van der Waals surface area (Å²) in [6.07, 6.45) is 0. The van der Waals surface area contributed by atoms with Gasteiger partial charge in [-0.2, -0.15) is 0 Å². The fourth-order valence-electron chi connectivity index (χ4n) is 1.61. The van der Waals surface area contributed by atoms with Gasteiger partial charge in [0.2, 0.25) is 0 Å². The minimum atomic E-state index is -0.964. The van der Waals surface area contributed by atoms with Crippen LogP contribution < -0.4 is 10.1 Å². The lowest BCUT2D eigenvalue weighted by atomic mass is 10.0. The van der Waals surface area contributed by atoms with Crippen LogP contribution in [0.1, 0.15) is 24.2 Å². The van der Waals surface area contributed by atoms with Crippen molar-refractivity contribution in [1.82, 2.24) is 0 Å². The van der Waals surface area contributed by atoms with Crippen LogP contribution in [-0.2, 0) is 0 Å². The number of carboxylic acid groups (broad SMARTS) is 1. The molecule has 0 saturated heterocycles. The van der Waals surface area contributed by atoms with Crippen LogP contribution in [0.4, 0.5) is 5.69 Å². The second-order valence-corrected chi connectivity index (χ2v) is 4.28. The number of nitrogens with one attached hydrogen (secondary N) is 1. The molecule has 4 nitrogen and oxygen atoms in total. The molecule has 4 heteroatoms. The molecule has 0 spiro atoms. The van der Waals surface area contributed by atoms with Crippen molar-refractivity contribution in [1.29, 1.82) is 0 Å². The topological polar surface area (TPSA) is 58.6 Å². The average Bonchev–Trinajstić information content (AvgIpc) is 2.14. The molecule has 0 fully saturated rings. The molecular formula is C11H13NO3. The van der Waals surface area contributed by atoms with E-state index < -0.39 is 5.97 Å². The molecule has 0 aliphatic carbocycles. The predicted molar refractivity (Wildman–Crippen MR) is 56.6 cm³/mol. The van der Waals surface area contributed by atoms with Crippen LogP contribution in [0.25, 0.3) is 0 Å². The highest BCUT2D eigenvalue weighted by Gasteiger charge is 2.28. The van der Waals surface area contributed by atoms with Crippen molar-refractivity contribution in [2.24, 2.45) is 0 Å². The van der Waals surface area contributed by atoms with Gasteiger partial charge in [-0.3, -0.25) is 0 Å². The van der Waals surface area contributed by atoms with E-state index in [1.54, 1.807) is 12.1 Å². The van der Waals surface area contributed by atoms with Crippen LogP contribution in [0.5, 0.6) is 5.75 Å². The minimum absolute atomic E-state index is 0.163. The summed E-state index contributed by atoms with van der Waals surface area (Å²) in [5.74, 6) is -0.530. The fraction of sp³-hybridized carbons (Fsp3) is 0.364. The molecule has 0 amide bonds. The molecule has 2 N–H and O–H groups in total. The summed E-state index contributed by atoms with van der Waals surface area (Å²) in [7, 11) is 0. The first kappa shape index (κ1) is 9.83. The van der Waals surface area contributed by atoms with Crippen molar-refractivity contribution < 1.29 is 14.6 Å². The lowest BCUT2D eigenvalue weighted by Crippen LogP contribution is -2.41. The molecule has 0 unspecified atom stereocenters. The maximum atomic E-state index is 10.9. The van der Waals surface area contributed by atoms with Crippen LogP contribution in [0, 0.1) is 0 Å². The highest BCUT2D eigenvalue weighted by Crippen LogP contribution is 2.35. The number of carbonyl (C=O) groups is 1. The number of benzene rings is 1. The summed E-state index contributed by atoms with van der Waals surface area (Å²) in [4.78, 5) is 10.9. The first-order valence-corrected chi connectivity index (χ1v) is 4.77. The average molecular weight is 207 g/mol. The zero-order chi connectivity index (χ0) is 11.1. The van der Waals surface area contributed by atoms with Crippen molar-refractivity contribution in [2.45, 2.75) is 19.4 Å². The summed E-state index contributed by atoms with van der Waals surface area (Å²) in [5.41, 5.74) is 0.783. The second kappa shape index (κ2) is 3.15. The Morgan fingerprint density at radius 1 is 1.53 bits per heavy atom. The van der Waals surface area contributed by atoms with E-state index in [-0.39, 0.29) is 11.1 Å². The van der Waals surface area contributed by atoms with Gasteiger partial charge in [0.15, 0.2) is 5.75 Å². The van der Waals surface area contributed by atoms with Gasteiger partial charge < -0.3 is 15.2 Å². The van der Waals surface area contributed by atoms with Crippen LogP contribution >= 0.6 is 0 Å². The summed E-state index contributed by atoms with van der Waals surface area (Å²) >= 11 is 0. The number of para-hydroxylation sites is 1. The number of rotatable bonds is 1. The van der Waals surface area contributed by atoms with E-state index in [4.69, 9.17) is 9.84 Å². The van der Waals surface area contributed by atoms with Gasteiger partial charge in [0, 0.05) is 0 Å². The highest BCUT2D eigenvalue weighted by molar-refractivity contribution is 5.93. The Labute approximate surface area is 87.9 Å². The van der Waals surface area contributed by atoms with E-state index in [9.17, 15) is 4.79 Å². The SMILES string of the molecule is CC1(C)COc2c(cccc2C(=O)O)N1. The Morgan fingerprint density at radius 3 is 2.93 bits per heavy atom. The molecule has 0 bridgehead atoms. The smallest absolute Gasteiger partial charge is 0.339 e. The first-order chi connectivity index (χ1) is 6.99. The normalized spacial score (nSPS) is 17.2. The van der Waals surface area contributed by atoms with Crippen molar-refractivity contribution in [3.63, 3.8) is 0 Å². The van der Waals surface area contributed by atoms with E-state index in [0.717, 1.165) is 5.69 Å². The molecular weight excluding hydrogens is 194 g/mol. The number of hydrogen-bond acceptors (Lipinski definition) is 3. The maximum Gasteiger partial charge on any atom is 0.339 e. The van der Waals surface area contributed by atoms with Crippen molar-refractivity contribution in [3.8, 4) is 5.75 Å². The van der Waals surface area contributed by atoms with Crippen molar-refractivity contribution in [2.75, 3.05) is 11.9 Å². The fourth-order valence-corrected chi connectivity index (χ4v) is 1.61. The largest absolute Gasteiger partial charge is 0.488 e. The van der Waals surface area contributed by atoms with Gasteiger partial charge in [-0.25, -0.2) is 4.79 Å². The van der Waals surface area contributed by atoms with Crippen molar-refractivity contribution in [3.05, 3.63) is 23.8 Å². The van der Waals surface area contributed by atoms with Gasteiger partial charge in [-0.05, 0) is 26.0 Å². The molecule has 2 rings (SSSR count). The molecule has 1 aromatic rings. The molecule has 0 radical (unpaired) electrons. The van der Waals surface area contributed by atoms with Gasteiger partial charge in [0.25, 0.3) is 0 Å². The summed E-state index contributed by atoms with van der Waals surface area (Å²) in [6.45, 7) is 4.47. The molecule has 0 aromatic heterocycles. The molecule has 15 heavy (non-hydrogen) atoms. The molecule has 0 atom stereocenters. The predicted octanol–water partition coefficient (Wildman–Crippen LogP) is 1.97. The van der Waals surface area contributed by atoms with Crippen LogP contribution in [0.3, 0.4) is 0 Å². The Hall–Kier alpha value is -1.71. The molecule has 1 aliphatic rings. The van der Waals surface area contributed by atoms with Gasteiger partial charge >= 0.3 is 5.97 Å². The monoisotopic (exact) mass is 207 g/mol. The van der Waals surface area contributed by atoms with Crippen LogP contribution in [-0.4, -0.2) is 23.2 Å². The molecule has 1 aromatic carbocycles. The Balaban J connectivity index is 2.47. The van der Waals surface area contributed by atoms with Crippen LogP contribution in [0.2, 0.25) is 0 Å². The number of aromatic carboxylic acids is 1. The van der Waals surface area contributed by atoms with E-state index in [2.05, 4.69) is 5.32 Å². The molecule has 1 aliphatic heterocycles.